The van der Waals surface area contributed by atoms with Crippen LogP contribution in [0.3, 0.4) is 0 Å². The van der Waals surface area contributed by atoms with Crippen molar-refractivity contribution in [3.8, 4) is 5.75 Å². The smallest absolute Gasteiger partial charge is 0.136 e. The average Bonchev–Trinajstić information content (AvgIpc) is 2.82. The van der Waals surface area contributed by atoms with Gasteiger partial charge in [-0.25, -0.2) is 0 Å². The van der Waals surface area contributed by atoms with Gasteiger partial charge in [-0.3, -0.25) is 0 Å². The highest BCUT2D eigenvalue weighted by Crippen LogP contribution is 2.41. The maximum absolute atomic E-state index is 10.1. The van der Waals surface area contributed by atoms with E-state index in [-0.39, 0.29) is 6.10 Å². The van der Waals surface area contributed by atoms with Gasteiger partial charge in [0.25, 0.3) is 0 Å². The summed E-state index contributed by atoms with van der Waals surface area (Å²) in [5.41, 5.74) is 0.898. The Kier molecular flexibility index (Phi) is 2.42. The van der Waals surface area contributed by atoms with Crippen molar-refractivity contribution in [2.24, 2.45) is 0 Å². The van der Waals surface area contributed by atoms with E-state index in [4.69, 9.17) is 4.74 Å². The van der Waals surface area contributed by atoms with Crippen LogP contribution in [0.2, 0.25) is 0 Å². The van der Waals surface area contributed by atoms with E-state index in [0.717, 1.165) is 11.3 Å². The van der Waals surface area contributed by atoms with Gasteiger partial charge < -0.3 is 9.84 Å². The number of hydrogen-bond donors (Lipinski definition) is 1. The molecule has 2 heterocycles. The first-order chi connectivity index (χ1) is 7.84. The lowest BCUT2D eigenvalue weighted by Crippen LogP contribution is -2.17. The number of benzene rings is 1. The second kappa shape index (κ2) is 3.92. The molecule has 0 amide bonds. The van der Waals surface area contributed by atoms with Crippen LogP contribution in [-0.4, -0.2) is 5.11 Å². The van der Waals surface area contributed by atoms with Gasteiger partial charge in [0.15, 0.2) is 0 Å². The molecule has 82 valence electrons. The van der Waals surface area contributed by atoms with Crippen LogP contribution in [-0.2, 0) is 0 Å². The third-order valence-corrected chi connectivity index (χ3v) is 3.81. The maximum Gasteiger partial charge on any atom is 0.136 e. The number of aliphatic hydroxyl groups is 1. The predicted octanol–water partition coefficient (Wildman–Crippen LogP) is 3.31. The first kappa shape index (κ1) is 9.87. The molecule has 3 heteroatoms. The average molecular weight is 232 g/mol. The standard InChI is InChI=1S/C13H12O2S/c14-10-8-12(13-6-3-7-16-13)15-11-5-2-1-4-9(10)11/h1-7,10,12,14H,8H2/t10-,12-/m0/s1. The molecular formula is C13H12O2S. The van der Waals surface area contributed by atoms with Crippen LogP contribution in [0.1, 0.15) is 29.1 Å². The minimum absolute atomic E-state index is 0.00935. The number of ether oxygens (including phenoxy) is 1. The Morgan fingerprint density at radius 1 is 1.19 bits per heavy atom. The Morgan fingerprint density at radius 3 is 2.88 bits per heavy atom. The largest absolute Gasteiger partial charge is 0.484 e. The Morgan fingerprint density at radius 2 is 2.06 bits per heavy atom. The van der Waals surface area contributed by atoms with Crippen LogP contribution in [0.5, 0.6) is 5.75 Å². The van der Waals surface area contributed by atoms with Crippen LogP contribution in [0.15, 0.2) is 41.8 Å². The van der Waals surface area contributed by atoms with Gasteiger partial charge in [-0.15, -0.1) is 11.3 Å². The van der Waals surface area contributed by atoms with E-state index >= 15 is 0 Å². The SMILES string of the molecule is O[C@H]1C[C@@H](c2cccs2)Oc2ccccc21. The zero-order valence-electron chi connectivity index (χ0n) is 8.67. The molecule has 0 fully saturated rings. The quantitative estimate of drug-likeness (QED) is 0.817. The summed E-state index contributed by atoms with van der Waals surface area (Å²) in [4.78, 5) is 1.17. The molecule has 1 aromatic heterocycles. The molecular weight excluding hydrogens is 220 g/mol. The Balaban J connectivity index is 1.95. The lowest BCUT2D eigenvalue weighted by molar-refractivity contribution is 0.0674. The zero-order valence-corrected chi connectivity index (χ0v) is 9.48. The van der Waals surface area contributed by atoms with E-state index in [1.54, 1.807) is 11.3 Å². The Hall–Kier alpha value is -1.32. The van der Waals surface area contributed by atoms with Crippen molar-refractivity contribution in [3.63, 3.8) is 0 Å². The number of para-hydroxylation sites is 1. The molecule has 2 nitrogen and oxygen atoms in total. The van der Waals surface area contributed by atoms with Crippen molar-refractivity contribution in [2.45, 2.75) is 18.6 Å². The van der Waals surface area contributed by atoms with Crippen molar-refractivity contribution in [3.05, 3.63) is 52.2 Å². The Bertz CT molecular complexity index is 478. The van der Waals surface area contributed by atoms with Crippen LogP contribution in [0, 0.1) is 0 Å². The summed E-state index contributed by atoms with van der Waals surface area (Å²) in [6, 6.07) is 11.8. The van der Waals surface area contributed by atoms with Crippen LogP contribution < -0.4 is 4.74 Å². The molecule has 1 N–H and O–H groups in total. The molecule has 1 aliphatic rings. The summed E-state index contributed by atoms with van der Waals surface area (Å²) >= 11 is 1.67. The summed E-state index contributed by atoms with van der Waals surface area (Å²) in [6.45, 7) is 0. The van der Waals surface area contributed by atoms with Gasteiger partial charge >= 0.3 is 0 Å². The first-order valence-electron chi connectivity index (χ1n) is 5.31. The molecule has 1 aromatic carbocycles. The van der Waals surface area contributed by atoms with E-state index < -0.39 is 6.10 Å². The lowest BCUT2D eigenvalue weighted by atomic mass is 9.98. The number of hydrogen-bond acceptors (Lipinski definition) is 3. The van der Waals surface area contributed by atoms with Gasteiger partial charge in [0.1, 0.15) is 11.9 Å². The fourth-order valence-electron chi connectivity index (χ4n) is 2.04. The van der Waals surface area contributed by atoms with Crippen molar-refractivity contribution < 1.29 is 9.84 Å². The zero-order chi connectivity index (χ0) is 11.0. The predicted molar refractivity (Wildman–Crippen MR) is 63.7 cm³/mol. The van der Waals surface area contributed by atoms with Gasteiger partial charge in [-0.2, -0.15) is 0 Å². The van der Waals surface area contributed by atoms with Crippen molar-refractivity contribution >= 4 is 11.3 Å². The molecule has 1 aliphatic heterocycles. The monoisotopic (exact) mass is 232 g/mol. The molecule has 0 radical (unpaired) electrons. The van der Waals surface area contributed by atoms with Gasteiger partial charge in [0.05, 0.1) is 6.10 Å². The number of fused-ring (bicyclic) bond motifs is 1. The van der Waals surface area contributed by atoms with Gasteiger partial charge in [0.2, 0.25) is 0 Å². The fourth-order valence-corrected chi connectivity index (χ4v) is 2.81. The normalized spacial score (nSPS) is 23.6. The van der Waals surface area contributed by atoms with Gasteiger partial charge in [0, 0.05) is 16.9 Å². The van der Waals surface area contributed by atoms with Gasteiger partial charge in [-0.05, 0) is 17.5 Å². The second-order valence-electron chi connectivity index (χ2n) is 3.91. The van der Waals surface area contributed by atoms with Crippen molar-refractivity contribution in [1.82, 2.24) is 0 Å². The highest BCUT2D eigenvalue weighted by atomic mass is 32.1. The minimum Gasteiger partial charge on any atom is -0.484 e. The molecule has 0 bridgehead atoms. The summed E-state index contributed by atoms with van der Waals surface area (Å²) in [6.07, 6.45) is 0.208. The van der Waals surface area contributed by atoms with Crippen LogP contribution in [0.25, 0.3) is 0 Å². The molecule has 16 heavy (non-hydrogen) atoms. The van der Waals surface area contributed by atoms with E-state index in [2.05, 4.69) is 6.07 Å². The fraction of sp³-hybridized carbons (Fsp3) is 0.231. The lowest BCUT2D eigenvalue weighted by Gasteiger charge is -2.28. The molecule has 2 aromatic rings. The van der Waals surface area contributed by atoms with E-state index in [0.29, 0.717) is 6.42 Å². The first-order valence-corrected chi connectivity index (χ1v) is 6.19. The molecule has 0 saturated heterocycles. The van der Waals surface area contributed by atoms with E-state index in [9.17, 15) is 5.11 Å². The van der Waals surface area contributed by atoms with Crippen molar-refractivity contribution in [1.29, 1.82) is 0 Å². The summed E-state index contributed by atoms with van der Waals surface area (Å²) < 4.78 is 5.90. The molecule has 0 unspecified atom stereocenters. The minimum atomic E-state index is -0.419. The third-order valence-electron chi connectivity index (χ3n) is 2.85. The second-order valence-corrected chi connectivity index (χ2v) is 4.89. The molecule has 0 saturated carbocycles. The highest BCUT2D eigenvalue weighted by Gasteiger charge is 2.27. The van der Waals surface area contributed by atoms with Crippen molar-refractivity contribution in [2.75, 3.05) is 0 Å². The number of aliphatic hydroxyl groups excluding tert-OH is 1. The summed E-state index contributed by atoms with van der Waals surface area (Å²) in [5.74, 6) is 0.805. The van der Waals surface area contributed by atoms with Crippen LogP contribution in [0.4, 0.5) is 0 Å². The molecule has 3 rings (SSSR count). The molecule has 0 aliphatic carbocycles. The van der Waals surface area contributed by atoms with Crippen LogP contribution >= 0.6 is 11.3 Å². The van der Waals surface area contributed by atoms with E-state index in [1.807, 2.05) is 35.7 Å². The van der Waals surface area contributed by atoms with Gasteiger partial charge in [-0.1, -0.05) is 24.3 Å². The maximum atomic E-state index is 10.1. The number of rotatable bonds is 1. The third kappa shape index (κ3) is 1.62. The number of thiophene rings is 1. The molecule has 2 atom stereocenters. The van der Waals surface area contributed by atoms with E-state index in [1.165, 1.54) is 4.88 Å². The summed E-state index contributed by atoms with van der Waals surface area (Å²) in [7, 11) is 0. The molecule has 0 spiro atoms. The summed E-state index contributed by atoms with van der Waals surface area (Å²) in [5, 5.41) is 12.1. The Labute approximate surface area is 98.1 Å². The topological polar surface area (TPSA) is 29.5 Å². The highest BCUT2D eigenvalue weighted by molar-refractivity contribution is 7.10.